The Morgan fingerprint density at radius 1 is 1.25 bits per heavy atom. The second-order valence-electron chi connectivity index (χ2n) is 3.83. The van der Waals surface area contributed by atoms with Gasteiger partial charge in [-0.1, -0.05) is 26.7 Å². The van der Waals surface area contributed by atoms with E-state index in [1.165, 1.54) is 0 Å². The Kier molecular flexibility index (Phi) is 7.99. The quantitative estimate of drug-likeness (QED) is 0.709. The number of amides is 3. The van der Waals surface area contributed by atoms with E-state index in [2.05, 4.69) is 24.5 Å². The molecule has 0 radical (unpaired) electrons. The smallest absolute Gasteiger partial charge is 0.321 e. The monoisotopic (exact) mass is 248 g/mol. The van der Waals surface area contributed by atoms with Crippen LogP contribution in [0.25, 0.3) is 0 Å². The first-order valence-electron chi connectivity index (χ1n) is 5.71. The van der Waals surface area contributed by atoms with Crippen molar-refractivity contribution >= 4 is 23.5 Å². The van der Waals surface area contributed by atoms with Crippen LogP contribution in [-0.2, 0) is 4.79 Å². The Labute approximate surface area is 102 Å². The SMILES string of the molecule is CCC(CC)C(C)NC(=O)NC(=O)CCCl. The third-order valence-electron chi connectivity index (χ3n) is 2.69. The van der Waals surface area contributed by atoms with Gasteiger partial charge in [0, 0.05) is 18.3 Å². The Morgan fingerprint density at radius 3 is 2.25 bits per heavy atom. The minimum Gasteiger partial charge on any atom is -0.335 e. The van der Waals surface area contributed by atoms with E-state index in [4.69, 9.17) is 11.6 Å². The van der Waals surface area contributed by atoms with E-state index in [-0.39, 0.29) is 24.2 Å². The van der Waals surface area contributed by atoms with Crippen molar-refractivity contribution in [3.05, 3.63) is 0 Å². The molecule has 0 bridgehead atoms. The molecule has 0 saturated carbocycles. The molecule has 0 aromatic heterocycles. The summed E-state index contributed by atoms with van der Waals surface area (Å²) in [6.07, 6.45) is 2.18. The lowest BCUT2D eigenvalue weighted by molar-refractivity contribution is -0.119. The van der Waals surface area contributed by atoms with Gasteiger partial charge in [-0.2, -0.15) is 0 Å². The zero-order chi connectivity index (χ0) is 12.6. The van der Waals surface area contributed by atoms with Crippen LogP contribution in [0.3, 0.4) is 0 Å². The largest absolute Gasteiger partial charge is 0.335 e. The van der Waals surface area contributed by atoms with E-state index in [1.807, 2.05) is 6.92 Å². The summed E-state index contributed by atoms with van der Waals surface area (Å²) >= 11 is 5.39. The summed E-state index contributed by atoms with van der Waals surface area (Å²) in [4.78, 5) is 22.5. The molecule has 3 amide bonds. The Bertz CT molecular complexity index is 230. The van der Waals surface area contributed by atoms with Gasteiger partial charge in [-0.3, -0.25) is 10.1 Å². The Hall–Kier alpha value is -0.770. The van der Waals surface area contributed by atoms with E-state index in [0.29, 0.717) is 5.92 Å². The number of carbonyl (C=O) groups is 2. The predicted molar refractivity (Wildman–Crippen MR) is 65.5 cm³/mol. The number of nitrogens with one attached hydrogen (secondary N) is 2. The maximum Gasteiger partial charge on any atom is 0.321 e. The summed E-state index contributed by atoms with van der Waals surface area (Å²) < 4.78 is 0. The minimum absolute atomic E-state index is 0.0683. The van der Waals surface area contributed by atoms with Gasteiger partial charge in [0.05, 0.1) is 0 Å². The van der Waals surface area contributed by atoms with Crippen molar-refractivity contribution in [1.29, 1.82) is 0 Å². The lowest BCUT2D eigenvalue weighted by Gasteiger charge is -2.22. The van der Waals surface area contributed by atoms with E-state index in [9.17, 15) is 9.59 Å². The van der Waals surface area contributed by atoms with Gasteiger partial charge >= 0.3 is 6.03 Å². The van der Waals surface area contributed by atoms with Gasteiger partial charge in [-0.25, -0.2) is 4.79 Å². The lowest BCUT2D eigenvalue weighted by atomic mass is 9.96. The van der Waals surface area contributed by atoms with E-state index >= 15 is 0 Å². The first-order valence-corrected chi connectivity index (χ1v) is 6.24. The second-order valence-corrected chi connectivity index (χ2v) is 4.20. The molecule has 16 heavy (non-hydrogen) atoms. The number of imide groups is 1. The van der Waals surface area contributed by atoms with E-state index in [0.717, 1.165) is 12.8 Å². The Morgan fingerprint density at radius 2 is 1.81 bits per heavy atom. The highest BCUT2D eigenvalue weighted by Gasteiger charge is 2.16. The zero-order valence-electron chi connectivity index (χ0n) is 10.2. The van der Waals surface area contributed by atoms with Crippen LogP contribution in [0.5, 0.6) is 0 Å². The van der Waals surface area contributed by atoms with Crippen molar-refractivity contribution in [3.8, 4) is 0 Å². The lowest BCUT2D eigenvalue weighted by Crippen LogP contribution is -2.46. The summed E-state index contributed by atoms with van der Waals surface area (Å²) in [6, 6.07) is -0.367. The molecule has 1 atom stereocenters. The highest BCUT2D eigenvalue weighted by atomic mass is 35.5. The molecule has 0 fully saturated rings. The molecule has 4 nitrogen and oxygen atoms in total. The van der Waals surface area contributed by atoms with Crippen LogP contribution in [0, 0.1) is 5.92 Å². The Balaban J connectivity index is 3.99. The standard InChI is InChI=1S/C11H21ClN2O2/c1-4-9(5-2)8(3)13-11(16)14-10(15)6-7-12/h8-9H,4-7H2,1-3H3,(H2,13,14,15,16). The number of alkyl halides is 1. The molecule has 0 aromatic carbocycles. The number of urea groups is 1. The van der Waals surface area contributed by atoms with Gasteiger partial charge in [-0.15, -0.1) is 11.6 Å². The van der Waals surface area contributed by atoms with Crippen LogP contribution < -0.4 is 10.6 Å². The second kappa shape index (κ2) is 8.39. The molecule has 0 spiro atoms. The average Bonchev–Trinajstić information content (AvgIpc) is 2.19. The van der Waals surface area contributed by atoms with Gasteiger partial charge in [0.15, 0.2) is 0 Å². The van der Waals surface area contributed by atoms with Crippen LogP contribution in [-0.4, -0.2) is 23.9 Å². The fourth-order valence-electron chi connectivity index (χ4n) is 1.63. The number of rotatable bonds is 6. The molecule has 0 aromatic rings. The summed E-state index contributed by atoms with van der Waals surface area (Å²) in [6.45, 7) is 6.12. The molecular weight excluding hydrogens is 228 g/mol. The maximum absolute atomic E-state index is 11.4. The molecule has 0 aliphatic carbocycles. The highest BCUT2D eigenvalue weighted by molar-refractivity contribution is 6.19. The molecule has 0 aliphatic heterocycles. The van der Waals surface area contributed by atoms with Crippen LogP contribution in [0.4, 0.5) is 4.79 Å². The average molecular weight is 249 g/mol. The normalized spacial score (nSPS) is 12.3. The van der Waals surface area contributed by atoms with Gasteiger partial charge in [-0.05, 0) is 12.8 Å². The predicted octanol–water partition coefficient (Wildman–Crippen LogP) is 2.27. The highest BCUT2D eigenvalue weighted by Crippen LogP contribution is 2.12. The van der Waals surface area contributed by atoms with Gasteiger partial charge < -0.3 is 5.32 Å². The van der Waals surface area contributed by atoms with Crippen molar-refractivity contribution in [1.82, 2.24) is 10.6 Å². The molecule has 0 aliphatic rings. The van der Waals surface area contributed by atoms with Gasteiger partial charge in [0.25, 0.3) is 0 Å². The summed E-state index contributed by atoms with van der Waals surface area (Å²) in [5.74, 6) is 0.319. The van der Waals surface area contributed by atoms with Gasteiger partial charge in [0.2, 0.25) is 5.91 Å². The van der Waals surface area contributed by atoms with Crippen LogP contribution in [0.1, 0.15) is 40.0 Å². The number of carbonyl (C=O) groups excluding carboxylic acids is 2. The van der Waals surface area contributed by atoms with E-state index in [1.54, 1.807) is 0 Å². The number of hydrogen-bond donors (Lipinski definition) is 2. The molecule has 1 unspecified atom stereocenters. The number of halogens is 1. The molecule has 0 saturated heterocycles. The van der Waals surface area contributed by atoms with Gasteiger partial charge in [0.1, 0.15) is 0 Å². The maximum atomic E-state index is 11.4. The molecule has 5 heteroatoms. The third kappa shape index (κ3) is 5.95. The van der Waals surface area contributed by atoms with Crippen molar-refractivity contribution in [2.24, 2.45) is 5.92 Å². The van der Waals surface area contributed by atoms with Crippen molar-refractivity contribution in [2.75, 3.05) is 5.88 Å². The minimum atomic E-state index is -0.436. The zero-order valence-corrected chi connectivity index (χ0v) is 10.9. The molecule has 0 heterocycles. The van der Waals surface area contributed by atoms with Crippen LogP contribution >= 0.6 is 11.6 Å². The van der Waals surface area contributed by atoms with Crippen molar-refractivity contribution in [3.63, 3.8) is 0 Å². The topological polar surface area (TPSA) is 58.2 Å². The molecule has 2 N–H and O–H groups in total. The van der Waals surface area contributed by atoms with E-state index < -0.39 is 6.03 Å². The molecule has 94 valence electrons. The first kappa shape index (κ1) is 15.2. The van der Waals surface area contributed by atoms with Crippen molar-refractivity contribution in [2.45, 2.75) is 46.1 Å². The van der Waals surface area contributed by atoms with Crippen molar-refractivity contribution < 1.29 is 9.59 Å². The van der Waals surface area contributed by atoms with Crippen LogP contribution in [0.2, 0.25) is 0 Å². The fourth-order valence-corrected chi connectivity index (χ4v) is 1.80. The summed E-state index contributed by atoms with van der Waals surface area (Å²) in [5, 5.41) is 5.00. The number of hydrogen-bond acceptors (Lipinski definition) is 2. The third-order valence-corrected chi connectivity index (χ3v) is 2.88. The fraction of sp³-hybridized carbons (Fsp3) is 0.818. The first-order chi connectivity index (χ1) is 7.54. The summed E-state index contributed by atoms with van der Waals surface area (Å²) in [5.41, 5.74) is 0. The van der Waals surface area contributed by atoms with Crippen LogP contribution in [0.15, 0.2) is 0 Å². The molecular formula is C11H21ClN2O2. The molecule has 0 rings (SSSR count). The summed E-state index contributed by atoms with van der Waals surface area (Å²) in [7, 11) is 0.